The second kappa shape index (κ2) is 5.46. The van der Waals surface area contributed by atoms with Crippen LogP contribution in [-0.2, 0) is 11.3 Å². The summed E-state index contributed by atoms with van der Waals surface area (Å²) in [7, 11) is 0. The molecular formula is C11H16NO+. The first-order valence-electron chi connectivity index (χ1n) is 4.78. The van der Waals surface area contributed by atoms with Gasteiger partial charge in [0.25, 0.3) is 0 Å². The summed E-state index contributed by atoms with van der Waals surface area (Å²) < 4.78 is 1.91. The minimum atomic E-state index is 0.318. The van der Waals surface area contributed by atoms with E-state index in [9.17, 15) is 4.79 Å². The smallest absolute Gasteiger partial charge is 0.206 e. The number of unbranched alkanes of at least 4 members (excludes halogenated alkanes) is 1. The highest BCUT2D eigenvalue weighted by molar-refractivity contribution is 5.76. The number of nitrogens with zero attached hydrogens (tertiary/aromatic N) is 1. The van der Waals surface area contributed by atoms with Crippen molar-refractivity contribution in [2.75, 3.05) is 0 Å². The molecule has 13 heavy (non-hydrogen) atoms. The van der Waals surface area contributed by atoms with Gasteiger partial charge in [-0.1, -0.05) is 19.4 Å². The zero-order chi connectivity index (χ0) is 9.52. The number of ketones is 1. The molecule has 1 rings (SSSR count). The number of carbonyl (C=O) groups excluding carboxylic acids is 1. The number of aromatic nitrogens is 1. The van der Waals surface area contributed by atoms with E-state index in [4.69, 9.17) is 0 Å². The molecule has 1 heterocycles. The highest BCUT2D eigenvalue weighted by Gasteiger charge is 2.06. The Balaban J connectivity index is 2.37. The van der Waals surface area contributed by atoms with E-state index in [1.165, 1.54) is 0 Å². The lowest BCUT2D eigenvalue weighted by Crippen LogP contribution is -2.36. The third-order valence-electron chi connectivity index (χ3n) is 1.95. The summed E-state index contributed by atoms with van der Waals surface area (Å²) >= 11 is 0. The van der Waals surface area contributed by atoms with Crippen LogP contribution in [0.25, 0.3) is 0 Å². The highest BCUT2D eigenvalue weighted by Crippen LogP contribution is 1.94. The Bertz CT molecular complexity index is 256. The van der Waals surface area contributed by atoms with E-state index in [-0.39, 0.29) is 0 Å². The van der Waals surface area contributed by atoms with E-state index >= 15 is 0 Å². The molecule has 0 saturated heterocycles. The molecule has 0 atom stereocenters. The normalized spacial score (nSPS) is 9.92. The first-order chi connectivity index (χ1) is 6.33. The van der Waals surface area contributed by atoms with E-state index in [1.54, 1.807) is 0 Å². The van der Waals surface area contributed by atoms with Crippen LogP contribution in [0.3, 0.4) is 0 Å². The van der Waals surface area contributed by atoms with Gasteiger partial charge in [0.2, 0.25) is 6.54 Å². The van der Waals surface area contributed by atoms with Gasteiger partial charge in [0.1, 0.15) is 0 Å². The van der Waals surface area contributed by atoms with Gasteiger partial charge in [-0.05, 0) is 6.42 Å². The number of carbonyl (C=O) groups is 1. The van der Waals surface area contributed by atoms with E-state index < -0.39 is 0 Å². The molecule has 1 aromatic rings. The zero-order valence-electron chi connectivity index (χ0n) is 8.07. The fourth-order valence-electron chi connectivity index (χ4n) is 1.20. The summed E-state index contributed by atoms with van der Waals surface area (Å²) in [5, 5.41) is 0. The third-order valence-corrected chi connectivity index (χ3v) is 1.95. The number of Topliss-reactive ketones (excluding diaryl/α,β-unsaturated/α-hetero) is 1. The van der Waals surface area contributed by atoms with Crippen LogP contribution in [-0.4, -0.2) is 5.78 Å². The average Bonchev–Trinajstić information content (AvgIpc) is 2.16. The minimum Gasteiger partial charge on any atom is -0.293 e. The Morgan fingerprint density at radius 1 is 1.23 bits per heavy atom. The fraction of sp³-hybridized carbons (Fsp3) is 0.455. The lowest BCUT2D eigenvalue weighted by atomic mass is 10.2. The second-order valence-corrected chi connectivity index (χ2v) is 3.19. The van der Waals surface area contributed by atoms with Gasteiger partial charge < -0.3 is 0 Å². The molecule has 0 fully saturated rings. The summed E-state index contributed by atoms with van der Waals surface area (Å²) in [6.45, 7) is 2.61. The number of hydrogen-bond acceptors (Lipinski definition) is 1. The molecule has 0 aliphatic carbocycles. The van der Waals surface area contributed by atoms with Gasteiger partial charge in [-0.15, -0.1) is 0 Å². The molecule has 0 radical (unpaired) electrons. The third kappa shape index (κ3) is 3.83. The maximum absolute atomic E-state index is 11.4. The van der Waals surface area contributed by atoms with Crippen molar-refractivity contribution >= 4 is 5.78 Å². The summed E-state index contributed by atoms with van der Waals surface area (Å²) in [5.41, 5.74) is 0. The van der Waals surface area contributed by atoms with Crippen LogP contribution in [0.15, 0.2) is 30.6 Å². The molecule has 0 spiro atoms. The van der Waals surface area contributed by atoms with E-state index in [0.717, 1.165) is 12.8 Å². The highest BCUT2D eigenvalue weighted by atomic mass is 16.1. The first-order valence-corrected chi connectivity index (χ1v) is 4.78. The van der Waals surface area contributed by atoms with Crippen molar-refractivity contribution in [2.24, 2.45) is 0 Å². The molecule has 70 valence electrons. The van der Waals surface area contributed by atoms with Crippen molar-refractivity contribution in [1.82, 2.24) is 0 Å². The molecule has 0 aliphatic heterocycles. The molecule has 0 amide bonds. The predicted molar refractivity (Wildman–Crippen MR) is 51.2 cm³/mol. The van der Waals surface area contributed by atoms with Crippen LogP contribution in [0.5, 0.6) is 0 Å². The monoisotopic (exact) mass is 178 g/mol. The van der Waals surface area contributed by atoms with Gasteiger partial charge in [0.15, 0.2) is 18.2 Å². The Kier molecular flexibility index (Phi) is 4.16. The fourth-order valence-corrected chi connectivity index (χ4v) is 1.20. The van der Waals surface area contributed by atoms with Crippen LogP contribution >= 0.6 is 0 Å². The average molecular weight is 178 g/mol. The van der Waals surface area contributed by atoms with Crippen LogP contribution in [0.2, 0.25) is 0 Å². The molecule has 0 N–H and O–H groups in total. The number of hydrogen-bond donors (Lipinski definition) is 0. The molecular weight excluding hydrogens is 162 g/mol. The molecule has 0 aromatic carbocycles. The number of pyridine rings is 1. The molecule has 2 heteroatoms. The topological polar surface area (TPSA) is 20.9 Å². The summed E-state index contributed by atoms with van der Waals surface area (Å²) in [6.07, 6.45) is 6.64. The van der Waals surface area contributed by atoms with Crippen LogP contribution in [0.4, 0.5) is 0 Å². The lowest BCUT2D eigenvalue weighted by molar-refractivity contribution is -0.684. The maximum atomic E-state index is 11.4. The van der Waals surface area contributed by atoms with E-state index in [2.05, 4.69) is 6.92 Å². The first kappa shape index (κ1) is 9.90. The molecule has 0 aliphatic rings. The molecule has 0 saturated carbocycles. The Hall–Kier alpha value is -1.18. The SMILES string of the molecule is CCCCC(=O)C[n+]1ccccc1. The van der Waals surface area contributed by atoms with Crippen molar-refractivity contribution in [3.63, 3.8) is 0 Å². The van der Waals surface area contributed by atoms with Crippen molar-refractivity contribution in [2.45, 2.75) is 32.7 Å². The van der Waals surface area contributed by atoms with Gasteiger partial charge in [0, 0.05) is 18.6 Å². The van der Waals surface area contributed by atoms with Crippen molar-refractivity contribution in [3.8, 4) is 0 Å². The van der Waals surface area contributed by atoms with Crippen molar-refractivity contribution < 1.29 is 9.36 Å². The molecule has 1 aromatic heterocycles. The maximum Gasteiger partial charge on any atom is 0.206 e. The summed E-state index contributed by atoms with van der Waals surface area (Å²) in [4.78, 5) is 11.4. The quantitative estimate of drug-likeness (QED) is 0.629. The Morgan fingerprint density at radius 2 is 1.92 bits per heavy atom. The number of rotatable bonds is 5. The standard InChI is InChI=1S/C11H16NO/c1-2-3-7-11(13)10-12-8-5-4-6-9-12/h4-6,8-9H,2-3,7,10H2,1H3/q+1. The van der Waals surface area contributed by atoms with Gasteiger partial charge in [-0.2, -0.15) is 4.57 Å². The molecule has 0 unspecified atom stereocenters. The van der Waals surface area contributed by atoms with Crippen LogP contribution in [0.1, 0.15) is 26.2 Å². The van der Waals surface area contributed by atoms with Crippen LogP contribution in [0, 0.1) is 0 Å². The van der Waals surface area contributed by atoms with Crippen LogP contribution < -0.4 is 4.57 Å². The van der Waals surface area contributed by atoms with Crippen molar-refractivity contribution in [1.29, 1.82) is 0 Å². The lowest BCUT2D eigenvalue weighted by Gasteiger charge is -1.95. The summed E-state index contributed by atoms with van der Waals surface area (Å²) in [6, 6.07) is 5.83. The van der Waals surface area contributed by atoms with E-state index in [0.29, 0.717) is 18.7 Å². The molecule has 0 bridgehead atoms. The van der Waals surface area contributed by atoms with E-state index in [1.807, 2.05) is 35.2 Å². The largest absolute Gasteiger partial charge is 0.293 e. The Labute approximate surface area is 79.2 Å². The second-order valence-electron chi connectivity index (χ2n) is 3.19. The van der Waals surface area contributed by atoms with Gasteiger partial charge >= 0.3 is 0 Å². The van der Waals surface area contributed by atoms with Gasteiger partial charge in [-0.3, -0.25) is 4.79 Å². The van der Waals surface area contributed by atoms with Gasteiger partial charge in [0.05, 0.1) is 0 Å². The Morgan fingerprint density at radius 3 is 2.54 bits per heavy atom. The summed E-state index contributed by atoms with van der Waals surface area (Å²) in [5.74, 6) is 0.318. The zero-order valence-corrected chi connectivity index (χ0v) is 8.07. The molecule has 2 nitrogen and oxygen atoms in total. The van der Waals surface area contributed by atoms with Crippen molar-refractivity contribution in [3.05, 3.63) is 30.6 Å². The van der Waals surface area contributed by atoms with Gasteiger partial charge in [-0.25, -0.2) is 0 Å². The predicted octanol–water partition coefficient (Wildman–Crippen LogP) is 1.73. The minimum absolute atomic E-state index is 0.318.